The molecule has 0 spiro atoms. The van der Waals surface area contributed by atoms with Crippen molar-refractivity contribution in [1.82, 2.24) is 24.7 Å². The normalized spacial score (nSPS) is 24.2. The minimum atomic E-state index is -0.737. The molecule has 0 radical (unpaired) electrons. The molecule has 3 aliphatic heterocycles. The third-order valence-corrected chi connectivity index (χ3v) is 6.59. The fourth-order valence-electron chi connectivity index (χ4n) is 4.86. The van der Waals surface area contributed by atoms with Crippen LogP contribution in [0.5, 0.6) is 0 Å². The van der Waals surface area contributed by atoms with E-state index in [1.807, 2.05) is 6.92 Å². The second-order valence-electron chi connectivity index (χ2n) is 8.69. The van der Waals surface area contributed by atoms with Crippen LogP contribution in [0.15, 0.2) is 26.5 Å². The summed E-state index contributed by atoms with van der Waals surface area (Å²) >= 11 is 0. The van der Waals surface area contributed by atoms with Gasteiger partial charge >= 0.3 is 11.8 Å². The largest absolute Gasteiger partial charge is 0.439 e. The average Bonchev–Trinajstić information content (AvgIpc) is 3.41. The molecule has 174 valence electrons. The van der Waals surface area contributed by atoms with Gasteiger partial charge in [0, 0.05) is 31.2 Å². The zero-order valence-electron chi connectivity index (χ0n) is 18.0. The average molecular weight is 458 g/mol. The number of carbonyl (C=O) groups is 2. The molecule has 0 saturated carbocycles. The number of anilines is 1. The van der Waals surface area contributed by atoms with Gasteiger partial charge in [0.15, 0.2) is 29.6 Å². The second kappa shape index (κ2) is 7.99. The molecular weight excluding hydrogens is 434 g/mol. The summed E-state index contributed by atoms with van der Waals surface area (Å²) in [5, 5.41) is 6.64. The standard InChI is InChI=1S/C20H23N7O6/c1-2-12-7-14(25-33-12)22-15(28)9-27-5-3-11(4-6-27)13(8-27)32-20(31)26-10-21-16-17(26)23-19(30)24-18(16)29/h7,10-11,13H,2-6,8-9H2,1H3,(H2-,22,23,24,25,28,29,30)/p+1/t11?,13-,27?/m0/s1. The number of imidazole rings is 1. The number of aryl methyl sites for hydroxylation is 1. The van der Waals surface area contributed by atoms with Gasteiger partial charge in [-0.15, -0.1) is 0 Å². The number of H-pyrrole nitrogens is 2. The van der Waals surface area contributed by atoms with Crippen molar-refractivity contribution in [2.24, 2.45) is 5.92 Å². The third-order valence-electron chi connectivity index (χ3n) is 6.59. The van der Waals surface area contributed by atoms with E-state index in [2.05, 4.69) is 25.4 Å². The summed E-state index contributed by atoms with van der Waals surface area (Å²) in [5.74, 6) is 1.10. The summed E-state index contributed by atoms with van der Waals surface area (Å²) in [4.78, 5) is 57.4. The molecule has 6 rings (SSSR count). The third kappa shape index (κ3) is 3.95. The number of nitrogens with zero attached hydrogens (tertiary/aromatic N) is 4. The van der Waals surface area contributed by atoms with Crippen molar-refractivity contribution in [3.63, 3.8) is 0 Å². The molecule has 0 unspecified atom stereocenters. The highest BCUT2D eigenvalue weighted by Gasteiger charge is 2.48. The van der Waals surface area contributed by atoms with Gasteiger partial charge in [-0.2, -0.15) is 0 Å². The Balaban J connectivity index is 1.28. The first-order valence-corrected chi connectivity index (χ1v) is 10.9. The van der Waals surface area contributed by atoms with E-state index in [9.17, 15) is 19.2 Å². The van der Waals surface area contributed by atoms with Crippen LogP contribution in [0.3, 0.4) is 0 Å². The number of carbonyl (C=O) groups excluding carboxylic acids is 2. The SMILES string of the molecule is CCc1cc(NC(=O)C[N+]23CCC(CC2)[C@@H](OC(=O)n2cnc4c(=O)[nH]c(=O)[nH]c42)C3)no1. The Hall–Kier alpha value is -3.74. The smallest absolute Gasteiger partial charge is 0.421 e. The van der Waals surface area contributed by atoms with Crippen LogP contribution in [-0.4, -0.2) is 73.4 Å². The topological polar surface area (TPSA) is 165 Å². The molecule has 13 nitrogen and oxygen atoms in total. The predicted molar refractivity (Wildman–Crippen MR) is 114 cm³/mol. The first kappa shape index (κ1) is 21.1. The Labute approximate surface area is 186 Å². The first-order valence-electron chi connectivity index (χ1n) is 10.9. The number of hydrogen-bond donors (Lipinski definition) is 3. The Morgan fingerprint density at radius 1 is 1.30 bits per heavy atom. The van der Waals surface area contributed by atoms with Crippen LogP contribution >= 0.6 is 0 Å². The van der Waals surface area contributed by atoms with Crippen molar-refractivity contribution in [2.75, 3.05) is 31.5 Å². The number of aromatic nitrogens is 5. The molecular formula is C20H24N7O6+. The van der Waals surface area contributed by atoms with E-state index in [1.54, 1.807) is 6.07 Å². The predicted octanol–water partition coefficient (Wildman–Crippen LogP) is 0.196. The van der Waals surface area contributed by atoms with Crippen molar-refractivity contribution in [3.8, 4) is 0 Å². The van der Waals surface area contributed by atoms with E-state index < -0.39 is 23.4 Å². The summed E-state index contributed by atoms with van der Waals surface area (Å²) < 4.78 is 12.4. The highest BCUT2D eigenvalue weighted by atomic mass is 16.6. The van der Waals surface area contributed by atoms with Gasteiger partial charge in [0.1, 0.15) is 18.6 Å². The van der Waals surface area contributed by atoms with Crippen LogP contribution < -0.4 is 16.6 Å². The molecule has 2 bridgehead atoms. The molecule has 33 heavy (non-hydrogen) atoms. The van der Waals surface area contributed by atoms with E-state index >= 15 is 0 Å². The lowest BCUT2D eigenvalue weighted by molar-refractivity contribution is -0.938. The first-order chi connectivity index (χ1) is 15.9. The second-order valence-corrected chi connectivity index (χ2v) is 8.69. The number of rotatable bonds is 5. The van der Waals surface area contributed by atoms with Crippen LogP contribution in [0.2, 0.25) is 0 Å². The molecule has 6 heterocycles. The van der Waals surface area contributed by atoms with E-state index in [0.717, 1.165) is 36.8 Å². The maximum Gasteiger partial charge on any atom is 0.421 e. The Kier molecular flexibility index (Phi) is 5.12. The maximum absolute atomic E-state index is 12.8. The van der Waals surface area contributed by atoms with Crippen molar-refractivity contribution in [1.29, 1.82) is 0 Å². The van der Waals surface area contributed by atoms with Gasteiger partial charge in [-0.3, -0.25) is 19.6 Å². The van der Waals surface area contributed by atoms with Gasteiger partial charge in [-0.1, -0.05) is 12.1 Å². The molecule has 3 aliphatic rings. The van der Waals surface area contributed by atoms with Gasteiger partial charge in [0.05, 0.1) is 13.1 Å². The number of amides is 1. The summed E-state index contributed by atoms with van der Waals surface area (Å²) in [6, 6.07) is 1.70. The number of fused-ring (bicyclic) bond motifs is 4. The lowest BCUT2D eigenvalue weighted by Gasteiger charge is -2.51. The van der Waals surface area contributed by atoms with E-state index in [-0.39, 0.29) is 29.5 Å². The van der Waals surface area contributed by atoms with Gasteiger partial charge in [-0.05, 0) is 0 Å². The fourth-order valence-corrected chi connectivity index (χ4v) is 4.86. The zero-order chi connectivity index (χ0) is 23.2. The molecule has 0 aliphatic carbocycles. The van der Waals surface area contributed by atoms with Crippen molar-refractivity contribution in [3.05, 3.63) is 39.0 Å². The summed E-state index contributed by atoms with van der Waals surface area (Å²) in [6.07, 6.45) is 2.38. The number of hydrogen-bond acceptors (Lipinski definition) is 8. The molecule has 0 aromatic carbocycles. The van der Waals surface area contributed by atoms with Crippen LogP contribution in [0, 0.1) is 5.92 Å². The molecule has 3 aromatic rings. The van der Waals surface area contributed by atoms with Crippen LogP contribution in [0.4, 0.5) is 10.6 Å². The lowest BCUT2D eigenvalue weighted by Crippen LogP contribution is -2.66. The number of aromatic amines is 2. The van der Waals surface area contributed by atoms with E-state index in [4.69, 9.17) is 9.26 Å². The number of nitrogens with one attached hydrogen (secondary N) is 3. The van der Waals surface area contributed by atoms with Gasteiger partial charge in [0.25, 0.3) is 11.5 Å². The summed E-state index contributed by atoms with van der Waals surface area (Å²) in [6.45, 7) is 4.33. The Morgan fingerprint density at radius 2 is 2.09 bits per heavy atom. The maximum atomic E-state index is 12.8. The Morgan fingerprint density at radius 3 is 2.82 bits per heavy atom. The van der Waals surface area contributed by atoms with Gasteiger partial charge in [-0.25, -0.2) is 19.1 Å². The highest BCUT2D eigenvalue weighted by molar-refractivity contribution is 5.90. The molecule has 13 heteroatoms. The van der Waals surface area contributed by atoms with Crippen molar-refractivity contribution < 1.29 is 23.3 Å². The lowest BCUT2D eigenvalue weighted by atomic mass is 9.83. The number of quaternary nitrogens is 1. The summed E-state index contributed by atoms with van der Waals surface area (Å²) in [7, 11) is 0. The molecule has 3 saturated heterocycles. The monoisotopic (exact) mass is 458 g/mol. The minimum absolute atomic E-state index is 0.0163. The van der Waals surface area contributed by atoms with Crippen molar-refractivity contribution in [2.45, 2.75) is 32.3 Å². The molecule has 3 fully saturated rings. The Bertz CT molecular complexity index is 1330. The van der Waals surface area contributed by atoms with Crippen LogP contribution in [0.25, 0.3) is 11.2 Å². The van der Waals surface area contributed by atoms with Gasteiger partial charge < -0.3 is 19.1 Å². The van der Waals surface area contributed by atoms with E-state index in [1.165, 1.54) is 0 Å². The molecule has 1 amide bonds. The fraction of sp³-hybridized carbons (Fsp3) is 0.500. The number of piperidine rings is 3. The van der Waals surface area contributed by atoms with Crippen LogP contribution in [-0.2, 0) is 16.0 Å². The quantitative estimate of drug-likeness (QED) is 0.456. The van der Waals surface area contributed by atoms with Gasteiger partial charge in [0.2, 0.25) is 0 Å². The van der Waals surface area contributed by atoms with Crippen molar-refractivity contribution >= 4 is 29.0 Å². The minimum Gasteiger partial charge on any atom is -0.439 e. The van der Waals surface area contributed by atoms with Crippen LogP contribution in [0.1, 0.15) is 25.5 Å². The van der Waals surface area contributed by atoms with E-state index in [0.29, 0.717) is 29.0 Å². The zero-order valence-corrected chi connectivity index (χ0v) is 18.0. The molecule has 1 atom stereocenters. The molecule has 3 aromatic heterocycles. The number of ether oxygens (including phenoxy) is 1. The highest BCUT2D eigenvalue weighted by Crippen LogP contribution is 2.35. The molecule has 3 N–H and O–H groups in total. The summed E-state index contributed by atoms with van der Waals surface area (Å²) in [5.41, 5.74) is -1.49.